The number of carbonyl (C=O) groups is 1. The van der Waals surface area contributed by atoms with Gasteiger partial charge in [-0.1, -0.05) is 29.8 Å². The Morgan fingerprint density at radius 3 is 2.36 bits per heavy atom. The molecule has 3 rings (SSSR count). The Morgan fingerprint density at radius 1 is 1.14 bits per heavy atom. The van der Waals surface area contributed by atoms with Gasteiger partial charge in [-0.2, -0.15) is 0 Å². The first kappa shape index (κ1) is 20.8. The predicted octanol–water partition coefficient (Wildman–Crippen LogP) is 2.81. The van der Waals surface area contributed by atoms with Crippen LogP contribution in [0, 0.1) is 0 Å². The summed E-state index contributed by atoms with van der Waals surface area (Å²) < 4.78 is 27.1. The van der Waals surface area contributed by atoms with Gasteiger partial charge in [0.25, 0.3) is 5.91 Å². The van der Waals surface area contributed by atoms with Crippen molar-refractivity contribution in [2.24, 2.45) is 0 Å². The van der Waals surface area contributed by atoms with E-state index in [2.05, 4.69) is 10.0 Å². The zero-order valence-electron chi connectivity index (χ0n) is 15.9. The number of carbonyl (C=O) groups excluding carboxylic acids is 1. The van der Waals surface area contributed by atoms with Crippen LogP contribution < -0.4 is 10.0 Å². The second-order valence-corrected chi connectivity index (χ2v) is 9.25. The summed E-state index contributed by atoms with van der Waals surface area (Å²) in [4.78, 5) is 14.7. The van der Waals surface area contributed by atoms with Gasteiger partial charge in [0.05, 0.1) is 10.9 Å². The number of halogens is 1. The van der Waals surface area contributed by atoms with Crippen molar-refractivity contribution in [3.63, 3.8) is 0 Å². The Kier molecular flexibility index (Phi) is 6.40. The number of amides is 1. The highest BCUT2D eigenvalue weighted by molar-refractivity contribution is 7.89. The van der Waals surface area contributed by atoms with E-state index in [9.17, 15) is 13.2 Å². The summed E-state index contributed by atoms with van der Waals surface area (Å²) in [7, 11) is 0.326. The van der Waals surface area contributed by atoms with Gasteiger partial charge in [-0.25, -0.2) is 13.1 Å². The first-order valence-corrected chi connectivity index (χ1v) is 11.0. The fourth-order valence-corrected chi connectivity index (χ4v) is 4.45. The molecule has 8 heteroatoms. The number of rotatable bonds is 8. The number of hydrogen-bond acceptors (Lipinski definition) is 4. The van der Waals surface area contributed by atoms with Gasteiger partial charge in [0.2, 0.25) is 10.0 Å². The van der Waals surface area contributed by atoms with Crippen molar-refractivity contribution in [1.29, 1.82) is 0 Å². The van der Waals surface area contributed by atoms with Crippen molar-refractivity contribution >= 4 is 27.5 Å². The molecule has 150 valence electrons. The lowest BCUT2D eigenvalue weighted by Crippen LogP contribution is -2.34. The van der Waals surface area contributed by atoms with Gasteiger partial charge >= 0.3 is 0 Å². The molecule has 0 spiro atoms. The zero-order valence-corrected chi connectivity index (χ0v) is 17.4. The van der Waals surface area contributed by atoms with E-state index in [-0.39, 0.29) is 22.9 Å². The lowest BCUT2D eigenvalue weighted by atomic mass is 10.1. The first-order chi connectivity index (χ1) is 13.3. The molecule has 0 bridgehead atoms. The quantitative estimate of drug-likeness (QED) is 0.687. The molecule has 28 heavy (non-hydrogen) atoms. The van der Waals surface area contributed by atoms with Crippen LogP contribution in [0.15, 0.2) is 53.4 Å². The van der Waals surface area contributed by atoms with E-state index in [1.807, 2.05) is 43.3 Å². The highest BCUT2D eigenvalue weighted by atomic mass is 35.5. The number of hydrogen-bond donors (Lipinski definition) is 2. The van der Waals surface area contributed by atoms with E-state index in [1.54, 1.807) is 0 Å². The molecule has 1 saturated carbocycles. The number of sulfonamides is 1. The molecule has 0 aromatic heterocycles. The Hall–Kier alpha value is -1.93. The molecule has 1 atom stereocenters. The number of likely N-dealkylation sites (N-methyl/N-ethyl adjacent to an activating group) is 1. The molecule has 0 aliphatic heterocycles. The summed E-state index contributed by atoms with van der Waals surface area (Å²) in [6.45, 7) is 0.374. The monoisotopic (exact) mass is 421 g/mol. The standard InChI is InChI=1S/C20H24ClN3O3S/c1-24(2)19(17-5-3-4-6-18(17)21)13-22-20(25)14-7-11-16(12-8-14)28(26,27)23-15-9-10-15/h3-8,11-12,15,19,23H,9-10,13H2,1-2H3,(H,22,25). The van der Waals surface area contributed by atoms with Crippen LogP contribution in [0.2, 0.25) is 5.02 Å². The average Bonchev–Trinajstić information content (AvgIpc) is 3.46. The maximum absolute atomic E-state index is 12.5. The van der Waals surface area contributed by atoms with Crippen molar-refractivity contribution in [3.8, 4) is 0 Å². The minimum Gasteiger partial charge on any atom is -0.350 e. The molecule has 2 aromatic carbocycles. The SMILES string of the molecule is CN(C)C(CNC(=O)c1ccc(S(=O)(=O)NC2CC2)cc1)c1ccccc1Cl. The first-order valence-electron chi connectivity index (χ1n) is 9.09. The summed E-state index contributed by atoms with van der Waals surface area (Å²) in [5.41, 5.74) is 1.34. The van der Waals surface area contributed by atoms with Gasteiger partial charge < -0.3 is 10.2 Å². The summed E-state index contributed by atoms with van der Waals surface area (Å²) in [5.74, 6) is -0.266. The van der Waals surface area contributed by atoms with Gasteiger partial charge in [-0.3, -0.25) is 4.79 Å². The molecule has 1 fully saturated rings. The van der Waals surface area contributed by atoms with E-state index in [4.69, 9.17) is 11.6 Å². The largest absolute Gasteiger partial charge is 0.350 e. The second kappa shape index (κ2) is 8.61. The third kappa shape index (κ3) is 5.11. The van der Waals surface area contributed by atoms with Crippen molar-refractivity contribution in [1.82, 2.24) is 14.9 Å². The van der Waals surface area contributed by atoms with Crippen molar-refractivity contribution in [3.05, 3.63) is 64.7 Å². The van der Waals surface area contributed by atoms with Crippen molar-refractivity contribution < 1.29 is 13.2 Å². The third-order valence-corrected chi connectivity index (χ3v) is 6.55. The summed E-state index contributed by atoms with van der Waals surface area (Å²) in [6.07, 6.45) is 1.75. The van der Waals surface area contributed by atoms with Crippen LogP contribution in [-0.2, 0) is 10.0 Å². The minimum atomic E-state index is -3.52. The summed E-state index contributed by atoms with van der Waals surface area (Å²) in [6, 6.07) is 13.5. The number of nitrogens with zero attached hydrogens (tertiary/aromatic N) is 1. The number of nitrogens with one attached hydrogen (secondary N) is 2. The van der Waals surface area contributed by atoms with Crippen molar-refractivity contribution in [2.45, 2.75) is 29.8 Å². The van der Waals surface area contributed by atoms with Crippen LogP contribution >= 0.6 is 11.6 Å². The molecule has 2 aromatic rings. The van der Waals surface area contributed by atoms with Gasteiger partial charge in [-0.15, -0.1) is 0 Å². The molecular formula is C20H24ClN3O3S. The predicted molar refractivity (Wildman–Crippen MR) is 110 cm³/mol. The molecule has 0 saturated heterocycles. The van der Waals surface area contributed by atoms with E-state index in [1.165, 1.54) is 24.3 Å². The smallest absolute Gasteiger partial charge is 0.251 e. The summed E-state index contributed by atoms with van der Waals surface area (Å²) >= 11 is 6.29. The van der Waals surface area contributed by atoms with Crippen molar-refractivity contribution in [2.75, 3.05) is 20.6 Å². The van der Waals surface area contributed by atoms with Crippen LogP contribution in [0.25, 0.3) is 0 Å². The zero-order chi connectivity index (χ0) is 20.3. The van der Waals surface area contributed by atoms with E-state index < -0.39 is 10.0 Å². The van der Waals surface area contributed by atoms with E-state index in [0.29, 0.717) is 17.1 Å². The normalized spacial score (nSPS) is 15.4. The van der Waals surface area contributed by atoms with Crippen LogP contribution in [-0.4, -0.2) is 45.9 Å². The van der Waals surface area contributed by atoms with Crippen LogP contribution in [0.3, 0.4) is 0 Å². The van der Waals surface area contributed by atoms with Crippen LogP contribution in [0.1, 0.15) is 34.8 Å². The molecule has 6 nitrogen and oxygen atoms in total. The Labute approximate surface area is 170 Å². The van der Waals surface area contributed by atoms with Gasteiger partial charge in [0.15, 0.2) is 0 Å². The lowest BCUT2D eigenvalue weighted by molar-refractivity contribution is 0.0942. The Bertz CT molecular complexity index is 941. The minimum absolute atomic E-state index is 0.0424. The maximum Gasteiger partial charge on any atom is 0.251 e. The fourth-order valence-electron chi connectivity index (χ4n) is 2.88. The third-order valence-electron chi connectivity index (χ3n) is 4.67. The second-order valence-electron chi connectivity index (χ2n) is 7.13. The molecule has 2 N–H and O–H groups in total. The average molecular weight is 422 g/mol. The van der Waals surface area contributed by atoms with Gasteiger partial charge in [0, 0.05) is 23.2 Å². The molecular weight excluding hydrogens is 398 g/mol. The maximum atomic E-state index is 12.5. The van der Waals surface area contributed by atoms with Crippen LogP contribution in [0.4, 0.5) is 0 Å². The topological polar surface area (TPSA) is 78.5 Å². The van der Waals surface area contributed by atoms with Crippen LogP contribution in [0.5, 0.6) is 0 Å². The fraction of sp³-hybridized carbons (Fsp3) is 0.350. The molecule has 1 aliphatic rings. The Balaban J connectivity index is 1.66. The van der Waals surface area contributed by atoms with Gasteiger partial charge in [0.1, 0.15) is 0 Å². The highest BCUT2D eigenvalue weighted by Gasteiger charge is 2.28. The van der Waals surface area contributed by atoms with E-state index in [0.717, 1.165) is 18.4 Å². The lowest BCUT2D eigenvalue weighted by Gasteiger charge is -2.26. The molecule has 0 heterocycles. The molecule has 1 unspecified atom stereocenters. The Morgan fingerprint density at radius 2 is 1.79 bits per heavy atom. The molecule has 0 radical (unpaired) electrons. The molecule has 1 amide bonds. The van der Waals surface area contributed by atoms with Gasteiger partial charge in [-0.05, 0) is 62.8 Å². The summed E-state index contributed by atoms with van der Waals surface area (Å²) in [5, 5.41) is 3.55. The molecule has 1 aliphatic carbocycles. The number of benzene rings is 2. The van der Waals surface area contributed by atoms with E-state index >= 15 is 0 Å². The highest BCUT2D eigenvalue weighted by Crippen LogP contribution is 2.25.